The summed E-state index contributed by atoms with van der Waals surface area (Å²) in [5.74, 6) is 0. The van der Waals surface area contributed by atoms with Gasteiger partial charge in [0.25, 0.3) is 0 Å². The molecule has 1 aliphatic rings. The molecule has 0 unspecified atom stereocenters. The van der Waals surface area contributed by atoms with Crippen LogP contribution in [-0.4, -0.2) is 24.2 Å². The summed E-state index contributed by atoms with van der Waals surface area (Å²) < 4.78 is 15.8. The van der Waals surface area contributed by atoms with E-state index in [1.54, 1.807) is 0 Å². The summed E-state index contributed by atoms with van der Waals surface area (Å²) in [5.41, 5.74) is -0.765. The number of rotatable bonds is 4. The fourth-order valence-corrected chi connectivity index (χ4v) is 9.99. The van der Waals surface area contributed by atoms with Crippen LogP contribution >= 0.6 is 0 Å². The number of benzene rings is 2. The fraction of sp³-hybridized carbons (Fsp3) is 0.368. The van der Waals surface area contributed by atoms with E-state index in [-0.39, 0.29) is 0 Å². The van der Waals surface area contributed by atoms with Crippen molar-refractivity contribution >= 4 is 22.2 Å². The zero-order chi connectivity index (χ0) is 15.5. The van der Waals surface area contributed by atoms with Crippen LogP contribution in [0.1, 0.15) is 32.1 Å². The Kier molecular flexibility index (Phi) is 4.61. The van der Waals surface area contributed by atoms with Crippen LogP contribution in [0.15, 0.2) is 60.7 Å². The van der Waals surface area contributed by atoms with E-state index < -0.39 is 19.1 Å². The van der Waals surface area contributed by atoms with E-state index >= 15 is 0 Å². The second-order valence-corrected chi connectivity index (χ2v) is 12.3. The third-order valence-corrected chi connectivity index (χ3v) is 11.6. The molecule has 0 amide bonds. The molecule has 3 rings (SSSR count). The zero-order valence-corrected chi connectivity index (χ0v) is 14.7. The average molecular weight is 358 g/mol. The molecule has 2 nitrogen and oxygen atoms in total. The van der Waals surface area contributed by atoms with Crippen molar-refractivity contribution in [2.75, 3.05) is 0 Å². The summed E-state index contributed by atoms with van der Waals surface area (Å²) in [6.07, 6.45) is 4.80. The Morgan fingerprint density at radius 3 is 1.73 bits per heavy atom. The van der Waals surface area contributed by atoms with Gasteiger partial charge in [0, 0.05) is 0 Å². The topological polar surface area (TPSA) is 37.3 Å². The molecule has 0 heterocycles. The second kappa shape index (κ2) is 6.48. The van der Waals surface area contributed by atoms with Gasteiger partial charge in [-0.05, 0) is 0 Å². The first-order valence-electron chi connectivity index (χ1n) is 8.05. The predicted octanol–water partition coefficient (Wildman–Crippen LogP) is 2.87. The van der Waals surface area contributed by atoms with Crippen LogP contribution in [0.2, 0.25) is 5.21 Å². The summed E-state index contributed by atoms with van der Waals surface area (Å²) in [6.45, 7) is 0. The second-order valence-electron chi connectivity index (χ2n) is 6.35. The third kappa shape index (κ3) is 3.24. The fourth-order valence-electron chi connectivity index (χ4n) is 3.45. The monoisotopic (exact) mass is 358 g/mol. The summed E-state index contributed by atoms with van der Waals surface area (Å²) in [6, 6.07) is 19.5. The molecule has 0 saturated heterocycles. The molecule has 3 heteroatoms. The predicted molar refractivity (Wildman–Crippen MR) is 91.4 cm³/mol. The van der Waals surface area contributed by atoms with Crippen molar-refractivity contribution in [2.45, 2.75) is 42.9 Å². The summed E-state index contributed by atoms with van der Waals surface area (Å²) in [4.78, 5) is 0. The van der Waals surface area contributed by atoms with Gasteiger partial charge in [-0.15, -0.1) is 0 Å². The van der Waals surface area contributed by atoms with E-state index in [1.165, 1.54) is 6.42 Å². The molecule has 2 aromatic rings. The first-order valence-corrected chi connectivity index (χ1v) is 12.0. The van der Waals surface area contributed by atoms with E-state index in [4.69, 9.17) is 0 Å². The first kappa shape index (κ1) is 15.6. The van der Waals surface area contributed by atoms with Crippen molar-refractivity contribution in [1.82, 2.24) is 0 Å². The summed E-state index contributed by atoms with van der Waals surface area (Å²) in [7, 11) is 0. The minimum atomic E-state index is -3.58. The van der Waals surface area contributed by atoms with Gasteiger partial charge >= 0.3 is 135 Å². The minimum absolute atomic E-state index is 0.416. The van der Waals surface area contributed by atoms with E-state index in [2.05, 4.69) is 0 Å². The van der Waals surface area contributed by atoms with Crippen molar-refractivity contribution in [3.63, 3.8) is 0 Å². The van der Waals surface area contributed by atoms with Crippen LogP contribution in [0.5, 0.6) is 0 Å². The van der Waals surface area contributed by atoms with Crippen molar-refractivity contribution in [3.05, 3.63) is 60.7 Å². The molecule has 2 aromatic carbocycles. The van der Waals surface area contributed by atoms with Crippen LogP contribution in [0.4, 0.5) is 0 Å². The Hall–Kier alpha value is -1.24. The molecule has 0 aliphatic heterocycles. The van der Waals surface area contributed by atoms with Crippen molar-refractivity contribution in [3.8, 4) is 0 Å². The van der Waals surface area contributed by atoms with E-state index in [9.17, 15) is 8.85 Å². The molecule has 0 aromatic heterocycles. The van der Waals surface area contributed by atoms with Crippen molar-refractivity contribution in [1.29, 1.82) is 0 Å². The molecule has 1 saturated carbocycles. The van der Waals surface area contributed by atoms with Gasteiger partial charge < -0.3 is 0 Å². The van der Waals surface area contributed by atoms with Crippen LogP contribution < -0.4 is 8.70 Å². The molecule has 1 aliphatic carbocycles. The molecule has 0 bridgehead atoms. The molecule has 116 valence electrons. The zero-order valence-electron chi connectivity index (χ0n) is 12.8. The third-order valence-electron chi connectivity index (χ3n) is 4.65. The molecule has 0 radical (unpaired) electrons. The van der Waals surface area contributed by atoms with Gasteiger partial charge in [0.05, 0.1) is 0 Å². The van der Waals surface area contributed by atoms with Crippen LogP contribution in [-0.2, 0) is 3.74 Å². The van der Waals surface area contributed by atoms with Crippen LogP contribution in [0.3, 0.4) is 0 Å². The van der Waals surface area contributed by atoms with Crippen molar-refractivity contribution < 1.29 is 8.85 Å². The maximum absolute atomic E-state index is 14.0. The molecule has 0 atom stereocenters. The Balaban J connectivity index is 2.02. The molecular weight excluding hydrogens is 335 g/mol. The normalized spacial score (nSPS) is 18.0. The Labute approximate surface area is 134 Å². The molecule has 1 N–H and O–H groups in total. The van der Waals surface area contributed by atoms with Gasteiger partial charge in [-0.3, -0.25) is 0 Å². The van der Waals surface area contributed by atoms with Gasteiger partial charge in [-0.1, -0.05) is 0 Å². The van der Waals surface area contributed by atoms with Gasteiger partial charge in [-0.25, -0.2) is 0 Å². The van der Waals surface area contributed by atoms with E-state index in [0.717, 1.165) is 34.4 Å². The van der Waals surface area contributed by atoms with Gasteiger partial charge in [0.1, 0.15) is 0 Å². The summed E-state index contributed by atoms with van der Waals surface area (Å²) in [5, 5.41) is 11.4. The maximum atomic E-state index is 14.0. The van der Waals surface area contributed by atoms with Gasteiger partial charge in [0.15, 0.2) is 0 Å². The summed E-state index contributed by atoms with van der Waals surface area (Å²) >= 11 is -3.58. The molecular formula is C19H23AsO2. The molecule has 1 fully saturated rings. The van der Waals surface area contributed by atoms with E-state index in [1.807, 2.05) is 60.7 Å². The van der Waals surface area contributed by atoms with Gasteiger partial charge in [0.2, 0.25) is 0 Å². The molecule has 22 heavy (non-hydrogen) atoms. The van der Waals surface area contributed by atoms with Crippen LogP contribution in [0.25, 0.3) is 0 Å². The van der Waals surface area contributed by atoms with E-state index in [0.29, 0.717) is 5.21 Å². The standard InChI is InChI=1S/C19H23AsO2/c21-19(14-8-3-9-15-19)16-20(22,17-10-4-1-5-11-17)18-12-6-2-7-13-18/h1-2,4-7,10-13,21H,3,8-9,14-16H2. The van der Waals surface area contributed by atoms with Gasteiger partial charge in [-0.2, -0.15) is 0 Å². The Bertz CT molecular complexity index is 602. The number of hydrogen-bond acceptors (Lipinski definition) is 2. The quantitative estimate of drug-likeness (QED) is 0.854. The van der Waals surface area contributed by atoms with Crippen LogP contribution in [0, 0.1) is 0 Å². The number of aliphatic hydroxyl groups is 1. The van der Waals surface area contributed by atoms with Crippen molar-refractivity contribution in [2.24, 2.45) is 0 Å². The Morgan fingerprint density at radius 1 is 0.818 bits per heavy atom. The first-order chi connectivity index (χ1) is 10.6. The Morgan fingerprint density at radius 2 is 1.27 bits per heavy atom. The molecule has 0 spiro atoms. The number of hydrogen-bond donors (Lipinski definition) is 1. The average Bonchev–Trinajstić information content (AvgIpc) is 2.57. The SMILES string of the molecule is O=[As](CC1(O)CCCCC1)(c1ccccc1)c1ccccc1.